The Bertz CT molecular complexity index is 1040. The molecule has 134 valence electrons. The van der Waals surface area contributed by atoms with Gasteiger partial charge in [0.25, 0.3) is 0 Å². The van der Waals surface area contributed by atoms with Crippen LogP contribution in [0, 0.1) is 0 Å². The van der Waals surface area contributed by atoms with E-state index in [1.54, 1.807) is 11.8 Å². The number of nitrogens with zero attached hydrogens (tertiary/aromatic N) is 1. The molecule has 1 atom stereocenters. The molecule has 0 fully saturated rings. The van der Waals surface area contributed by atoms with Gasteiger partial charge in [-0.15, -0.1) is 0 Å². The number of hydrogen-bond acceptors (Lipinski definition) is 4. The van der Waals surface area contributed by atoms with Gasteiger partial charge in [-0.1, -0.05) is 98.0 Å². The van der Waals surface area contributed by atoms with E-state index >= 15 is 0 Å². The van der Waals surface area contributed by atoms with Gasteiger partial charge in [0.05, 0.1) is 0 Å². The van der Waals surface area contributed by atoms with Crippen molar-refractivity contribution in [3.05, 3.63) is 95.1 Å². The zero-order chi connectivity index (χ0) is 18.4. The first-order chi connectivity index (χ1) is 13.1. The minimum atomic E-state index is 0.0254. The van der Waals surface area contributed by atoms with Crippen molar-refractivity contribution in [3.8, 4) is 0 Å². The molecule has 0 saturated carbocycles. The maximum Gasteiger partial charge on any atom is 0.126 e. The molecule has 0 aliphatic carbocycles. The van der Waals surface area contributed by atoms with E-state index in [-0.39, 0.29) is 10.8 Å². The number of hydrogen-bond donors (Lipinski definition) is 1. The van der Waals surface area contributed by atoms with Gasteiger partial charge in [0.2, 0.25) is 0 Å². The standard InChI is InChI=1S/C23H20N2S2/c1-23(2)17-10-6-7-11-19(17)26-20-14-16(12-13-18(20)23)22-25-24-21(27-22)15-8-4-3-5-9-15/h3-14,22,25H,1-2H3. The van der Waals surface area contributed by atoms with Crippen LogP contribution in [0.4, 0.5) is 0 Å². The summed E-state index contributed by atoms with van der Waals surface area (Å²) in [5, 5.41) is 5.77. The van der Waals surface area contributed by atoms with Crippen molar-refractivity contribution in [3.63, 3.8) is 0 Å². The summed E-state index contributed by atoms with van der Waals surface area (Å²) in [4.78, 5) is 2.71. The second kappa shape index (κ2) is 6.47. The Morgan fingerprint density at radius 3 is 2.44 bits per heavy atom. The highest BCUT2D eigenvalue weighted by Crippen LogP contribution is 2.50. The summed E-state index contributed by atoms with van der Waals surface area (Å²) in [7, 11) is 0. The van der Waals surface area contributed by atoms with E-state index in [0.717, 1.165) is 5.04 Å². The Morgan fingerprint density at radius 2 is 1.59 bits per heavy atom. The molecule has 0 saturated heterocycles. The van der Waals surface area contributed by atoms with Gasteiger partial charge in [-0.2, -0.15) is 5.10 Å². The van der Waals surface area contributed by atoms with Gasteiger partial charge in [0, 0.05) is 20.8 Å². The molecule has 2 aliphatic rings. The van der Waals surface area contributed by atoms with E-state index in [4.69, 9.17) is 0 Å². The summed E-state index contributed by atoms with van der Waals surface area (Å²) in [6, 6.07) is 26.0. The van der Waals surface area contributed by atoms with Crippen LogP contribution in [0.25, 0.3) is 0 Å². The lowest BCUT2D eigenvalue weighted by atomic mass is 9.77. The van der Waals surface area contributed by atoms with Crippen molar-refractivity contribution in [2.24, 2.45) is 5.10 Å². The molecule has 0 bridgehead atoms. The Morgan fingerprint density at radius 1 is 0.852 bits per heavy atom. The fourth-order valence-electron chi connectivity index (χ4n) is 3.78. The number of nitrogens with one attached hydrogen (secondary N) is 1. The topological polar surface area (TPSA) is 24.4 Å². The third kappa shape index (κ3) is 2.88. The van der Waals surface area contributed by atoms with Crippen LogP contribution >= 0.6 is 23.5 Å². The SMILES string of the molecule is CC1(C)c2ccccc2Sc2cc(C3NN=C(c4ccccc4)S3)ccc21. The molecule has 3 aromatic rings. The van der Waals surface area contributed by atoms with Crippen LogP contribution in [0.2, 0.25) is 0 Å². The molecule has 5 rings (SSSR count). The van der Waals surface area contributed by atoms with Crippen molar-refractivity contribution in [2.75, 3.05) is 0 Å². The zero-order valence-corrected chi connectivity index (χ0v) is 16.9. The molecule has 0 aromatic heterocycles. The zero-order valence-electron chi connectivity index (χ0n) is 15.3. The molecule has 2 aliphatic heterocycles. The van der Waals surface area contributed by atoms with Crippen molar-refractivity contribution in [1.82, 2.24) is 5.43 Å². The summed E-state index contributed by atoms with van der Waals surface area (Å²) in [6.07, 6.45) is 0. The molecule has 2 nitrogen and oxygen atoms in total. The van der Waals surface area contributed by atoms with E-state index in [1.807, 2.05) is 17.8 Å². The number of thioether (sulfide) groups is 1. The van der Waals surface area contributed by atoms with Gasteiger partial charge in [0.1, 0.15) is 10.4 Å². The quantitative estimate of drug-likeness (QED) is 0.568. The van der Waals surface area contributed by atoms with Crippen molar-refractivity contribution >= 4 is 28.6 Å². The van der Waals surface area contributed by atoms with Gasteiger partial charge in [0.15, 0.2) is 0 Å². The number of fused-ring (bicyclic) bond motifs is 2. The molecule has 0 amide bonds. The lowest BCUT2D eigenvalue weighted by Crippen LogP contribution is -2.24. The molecule has 3 aromatic carbocycles. The molecule has 0 radical (unpaired) electrons. The van der Waals surface area contributed by atoms with Crippen LogP contribution in [-0.4, -0.2) is 5.04 Å². The second-order valence-electron chi connectivity index (χ2n) is 7.39. The van der Waals surface area contributed by atoms with Gasteiger partial charge in [-0.25, -0.2) is 0 Å². The minimum absolute atomic E-state index is 0.0254. The molecular formula is C23H20N2S2. The molecule has 27 heavy (non-hydrogen) atoms. The van der Waals surface area contributed by atoms with Crippen LogP contribution in [0.5, 0.6) is 0 Å². The van der Waals surface area contributed by atoms with E-state index in [0.29, 0.717) is 0 Å². The normalized spacial score (nSPS) is 19.6. The molecule has 1 N–H and O–H groups in total. The van der Waals surface area contributed by atoms with Gasteiger partial charge < -0.3 is 0 Å². The van der Waals surface area contributed by atoms with E-state index in [2.05, 4.69) is 91.1 Å². The lowest BCUT2D eigenvalue weighted by molar-refractivity contribution is 0.605. The highest BCUT2D eigenvalue weighted by molar-refractivity contribution is 8.14. The first kappa shape index (κ1) is 17.0. The van der Waals surface area contributed by atoms with Crippen LogP contribution in [0.3, 0.4) is 0 Å². The van der Waals surface area contributed by atoms with Crippen LogP contribution < -0.4 is 5.43 Å². The maximum absolute atomic E-state index is 4.56. The molecule has 2 heterocycles. The van der Waals surface area contributed by atoms with E-state index < -0.39 is 0 Å². The highest BCUT2D eigenvalue weighted by atomic mass is 32.2. The number of rotatable bonds is 2. The first-order valence-electron chi connectivity index (χ1n) is 9.10. The van der Waals surface area contributed by atoms with Crippen LogP contribution in [0.15, 0.2) is 87.7 Å². The average Bonchev–Trinajstić information content (AvgIpc) is 3.19. The van der Waals surface area contributed by atoms with Crippen molar-refractivity contribution in [2.45, 2.75) is 34.4 Å². The third-order valence-corrected chi connectivity index (χ3v) is 7.59. The van der Waals surface area contributed by atoms with Crippen LogP contribution in [-0.2, 0) is 5.41 Å². The van der Waals surface area contributed by atoms with Crippen molar-refractivity contribution < 1.29 is 0 Å². The number of hydrazone groups is 1. The third-order valence-electron chi connectivity index (χ3n) is 5.30. The number of benzene rings is 3. The summed E-state index contributed by atoms with van der Waals surface area (Å²) in [6.45, 7) is 4.65. The average molecular weight is 389 g/mol. The smallest absolute Gasteiger partial charge is 0.126 e. The van der Waals surface area contributed by atoms with Gasteiger partial charge in [-0.05, 0) is 28.8 Å². The Kier molecular flexibility index (Phi) is 4.06. The van der Waals surface area contributed by atoms with E-state index in [9.17, 15) is 0 Å². The predicted molar refractivity (Wildman–Crippen MR) is 116 cm³/mol. The Balaban J connectivity index is 1.45. The van der Waals surface area contributed by atoms with Gasteiger partial charge >= 0.3 is 0 Å². The maximum atomic E-state index is 4.56. The summed E-state index contributed by atoms with van der Waals surface area (Å²) < 4.78 is 0. The minimum Gasteiger partial charge on any atom is -0.291 e. The molecular weight excluding hydrogens is 368 g/mol. The first-order valence-corrected chi connectivity index (χ1v) is 10.8. The lowest BCUT2D eigenvalue weighted by Gasteiger charge is -2.35. The van der Waals surface area contributed by atoms with E-state index in [1.165, 1.54) is 32.0 Å². The largest absolute Gasteiger partial charge is 0.291 e. The predicted octanol–water partition coefficient (Wildman–Crippen LogP) is 6.17. The Labute approximate surface area is 168 Å². The second-order valence-corrected chi connectivity index (χ2v) is 9.57. The molecule has 1 unspecified atom stereocenters. The fraction of sp³-hybridized carbons (Fsp3) is 0.174. The summed E-state index contributed by atoms with van der Waals surface area (Å²) in [5.41, 5.74) is 8.60. The summed E-state index contributed by atoms with van der Waals surface area (Å²) in [5.74, 6) is 0. The molecule has 4 heteroatoms. The summed E-state index contributed by atoms with van der Waals surface area (Å²) >= 11 is 3.66. The fourth-order valence-corrected chi connectivity index (χ4v) is 6.21. The Hall–Kier alpha value is -2.17. The molecule has 0 spiro atoms. The van der Waals surface area contributed by atoms with Crippen LogP contribution in [0.1, 0.15) is 41.5 Å². The van der Waals surface area contributed by atoms with Gasteiger partial charge in [-0.3, -0.25) is 5.43 Å². The monoisotopic (exact) mass is 388 g/mol. The highest BCUT2D eigenvalue weighted by Gasteiger charge is 2.33. The van der Waals surface area contributed by atoms with Crippen molar-refractivity contribution in [1.29, 1.82) is 0 Å².